The Morgan fingerprint density at radius 3 is 2.39 bits per heavy atom. The number of hydrogen-bond acceptors (Lipinski definition) is 3. The van der Waals surface area contributed by atoms with Gasteiger partial charge in [-0.25, -0.2) is 0 Å². The molecule has 1 heterocycles. The third kappa shape index (κ3) is 4.32. The fraction of sp³-hybridized carbons (Fsp3) is 0.556. The number of amides is 2. The lowest BCUT2D eigenvalue weighted by molar-refractivity contribution is -0.144. The first kappa shape index (κ1) is 17.5. The number of carbonyl (C=O) groups is 2. The lowest BCUT2D eigenvalue weighted by Crippen LogP contribution is -2.51. The molecule has 5 heteroatoms. The van der Waals surface area contributed by atoms with Gasteiger partial charge in [-0.1, -0.05) is 39.0 Å². The molecule has 126 valence electrons. The molecule has 0 aromatic heterocycles. The van der Waals surface area contributed by atoms with Gasteiger partial charge in [-0.2, -0.15) is 0 Å². The van der Waals surface area contributed by atoms with E-state index in [2.05, 4.69) is 31.0 Å². The van der Waals surface area contributed by atoms with E-state index in [1.54, 1.807) is 4.90 Å². The van der Waals surface area contributed by atoms with E-state index in [9.17, 15) is 9.59 Å². The highest BCUT2D eigenvalue weighted by atomic mass is 16.2. The normalized spacial score (nSPS) is 16.9. The zero-order valence-electron chi connectivity index (χ0n) is 14.3. The zero-order chi connectivity index (χ0) is 16.8. The van der Waals surface area contributed by atoms with Crippen molar-refractivity contribution in [2.24, 2.45) is 0 Å². The lowest BCUT2D eigenvalue weighted by Gasteiger charge is -2.33. The third-order valence-electron chi connectivity index (χ3n) is 4.65. The molecule has 1 aliphatic rings. The fourth-order valence-corrected chi connectivity index (χ4v) is 2.85. The van der Waals surface area contributed by atoms with E-state index < -0.39 is 11.8 Å². The maximum Gasteiger partial charge on any atom is 0.313 e. The number of hydrogen-bond donors (Lipinski definition) is 1. The lowest BCUT2D eigenvalue weighted by atomic mass is 9.97. The zero-order valence-corrected chi connectivity index (χ0v) is 14.3. The summed E-state index contributed by atoms with van der Waals surface area (Å²) in [5.41, 5.74) is 1.82. The first-order chi connectivity index (χ1) is 11.1. The number of anilines is 1. The molecule has 23 heavy (non-hydrogen) atoms. The minimum Gasteiger partial charge on any atom is -0.332 e. The topological polar surface area (TPSA) is 52.7 Å². The molecule has 1 N–H and O–H groups in total. The molecule has 0 bridgehead atoms. The molecule has 1 atom stereocenters. The monoisotopic (exact) mass is 317 g/mol. The predicted molar refractivity (Wildman–Crippen MR) is 92.5 cm³/mol. The fourth-order valence-electron chi connectivity index (χ4n) is 2.85. The van der Waals surface area contributed by atoms with Crippen LogP contribution in [0, 0.1) is 0 Å². The minimum atomic E-state index is -0.536. The minimum absolute atomic E-state index is 0.342. The summed E-state index contributed by atoms with van der Waals surface area (Å²) in [7, 11) is 0. The summed E-state index contributed by atoms with van der Waals surface area (Å²) in [4.78, 5) is 28.6. The summed E-state index contributed by atoms with van der Waals surface area (Å²) < 4.78 is 0. The SMILES string of the molecule is CCC(C)c1ccccc1NC(=O)C(=O)N1CCN(CC)CC1. The maximum absolute atomic E-state index is 12.3. The second-order valence-corrected chi connectivity index (χ2v) is 6.08. The summed E-state index contributed by atoms with van der Waals surface area (Å²) in [5, 5.41) is 2.80. The molecule has 1 aromatic carbocycles. The number of nitrogens with one attached hydrogen (secondary N) is 1. The molecule has 1 aromatic rings. The van der Waals surface area contributed by atoms with Crippen molar-refractivity contribution in [2.45, 2.75) is 33.1 Å². The van der Waals surface area contributed by atoms with Gasteiger partial charge in [0.1, 0.15) is 0 Å². The van der Waals surface area contributed by atoms with Crippen LogP contribution in [0.15, 0.2) is 24.3 Å². The second-order valence-electron chi connectivity index (χ2n) is 6.08. The highest BCUT2D eigenvalue weighted by Gasteiger charge is 2.26. The Hall–Kier alpha value is -1.88. The standard InChI is InChI=1S/C18H27N3O2/c1-4-14(3)15-8-6-7-9-16(15)19-17(22)18(23)21-12-10-20(5-2)11-13-21/h6-9,14H,4-5,10-13H2,1-3H3,(H,19,22). The van der Waals surface area contributed by atoms with Gasteiger partial charge in [0.25, 0.3) is 0 Å². The molecular weight excluding hydrogens is 290 g/mol. The number of para-hydroxylation sites is 1. The van der Waals surface area contributed by atoms with Crippen molar-refractivity contribution in [3.05, 3.63) is 29.8 Å². The smallest absolute Gasteiger partial charge is 0.313 e. The Labute approximate surface area is 138 Å². The number of carbonyl (C=O) groups excluding carboxylic acids is 2. The van der Waals surface area contributed by atoms with Crippen LogP contribution in [0.2, 0.25) is 0 Å². The number of rotatable bonds is 4. The summed E-state index contributed by atoms with van der Waals surface area (Å²) >= 11 is 0. The van der Waals surface area contributed by atoms with Crippen molar-refractivity contribution in [3.63, 3.8) is 0 Å². The molecule has 2 amide bonds. The molecule has 1 unspecified atom stereocenters. The van der Waals surface area contributed by atoms with E-state index in [0.717, 1.165) is 37.3 Å². The third-order valence-corrected chi connectivity index (χ3v) is 4.65. The van der Waals surface area contributed by atoms with E-state index in [0.29, 0.717) is 19.0 Å². The van der Waals surface area contributed by atoms with Gasteiger partial charge in [-0.15, -0.1) is 0 Å². The summed E-state index contributed by atoms with van der Waals surface area (Å²) in [6.07, 6.45) is 0.986. The highest BCUT2D eigenvalue weighted by Crippen LogP contribution is 2.26. The van der Waals surface area contributed by atoms with E-state index in [1.165, 1.54) is 0 Å². The van der Waals surface area contributed by atoms with Crippen LogP contribution in [0.25, 0.3) is 0 Å². The summed E-state index contributed by atoms with van der Waals surface area (Å²) in [6, 6.07) is 7.71. The van der Waals surface area contributed by atoms with Crippen LogP contribution in [-0.2, 0) is 9.59 Å². The van der Waals surface area contributed by atoms with Gasteiger partial charge in [0, 0.05) is 31.9 Å². The molecule has 0 saturated carbocycles. The Balaban J connectivity index is 2.01. The molecule has 1 aliphatic heterocycles. The molecule has 0 spiro atoms. The molecule has 1 fully saturated rings. The molecule has 0 radical (unpaired) electrons. The summed E-state index contributed by atoms with van der Waals surface area (Å²) in [5.74, 6) is -0.625. The van der Waals surface area contributed by atoms with Gasteiger partial charge in [-0.05, 0) is 30.5 Å². The van der Waals surface area contributed by atoms with Gasteiger partial charge in [0.05, 0.1) is 0 Å². The van der Waals surface area contributed by atoms with Crippen LogP contribution in [0.5, 0.6) is 0 Å². The van der Waals surface area contributed by atoms with E-state index in [-0.39, 0.29) is 0 Å². The van der Waals surface area contributed by atoms with Crippen molar-refractivity contribution < 1.29 is 9.59 Å². The number of benzene rings is 1. The van der Waals surface area contributed by atoms with Crippen LogP contribution in [-0.4, -0.2) is 54.3 Å². The molecule has 2 rings (SSSR count). The van der Waals surface area contributed by atoms with Crippen molar-refractivity contribution in [3.8, 4) is 0 Å². The largest absolute Gasteiger partial charge is 0.332 e. The predicted octanol–water partition coefficient (Wildman–Crippen LogP) is 2.30. The van der Waals surface area contributed by atoms with Gasteiger partial charge in [-0.3, -0.25) is 9.59 Å². The highest BCUT2D eigenvalue weighted by molar-refractivity contribution is 6.39. The van der Waals surface area contributed by atoms with Crippen LogP contribution in [0.3, 0.4) is 0 Å². The van der Waals surface area contributed by atoms with E-state index >= 15 is 0 Å². The Bertz CT molecular complexity index is 551. The Kier molecular flexibility index (Phi) is 6.16. The second kappa shape index (κ2) is 8.11. The average Bonchev–Trinajstić information content (AvgIpc) is 2.61. The van der Waals surface area contributed by atoms with Gasteiger partial charge in [0.15, 0.2) is 0 Å². The van der Waals surface area contributed by atoms with Gasteiger partial charge < -0.3 is 15.1 Å². The first-order valence-corrected chi connectivity index (χ1v) is 8.48. The Morgan fingerprint density at radius 1 is 1.13 bits per heavy atom. The quantitative estimate of drug-likeness (QED) is 0.867. The first-order valence-electron chi connectivity index (χ1n) is 8.48. The van der Waals surface area contributed by atoms with Gasteiger partial charge >= 0.3 is 11.8 Å². The number of nitrogens with zero attached hydrogens (tertiary/aromatic N) is 2. The average molecular weight is 317 g/mol. The molecular formula is C18H27N3O2. The number of piperazine rings is 1. The van der Waals surface area contributed by atoms with E-state index in [4.69, 9.17) is 0 Å². The molecule has 0 aliphatic carbocycles. The van der Waals surface area contributed by atoms with Crippen LogP contribution < -0.4 is 5.32 Å². The van der Waals surface area contributed by atoms with Crippen LogP contribution in [0.4, 0.5) is 5.69 Å². The molecule has 5 nitrogen and oxygen atoms in total. The van der Waals surface area contributed by atoms with Crippen molar-refractivity contribution in [1.29, 1.82) is 0 Å². The van der Waals surface area contributed by atoms with Crippen LogP contribution in [0.1, 0.15) is 38.7 Å². The van der Waals surface area contributed by atoms with Crippen LogP contribution >= 0.6 is 0 Å². The summed E-state index contributed by atoms with van der Waals surface area (Å²) in [6.45, 7) is 10.2. The maximum atomic E-state index is 12.3. The van der Waals surface area contributed by atoms with Crippen molar-refractivity contribution in [2.75, 3.05) is 38.0 Å². The van der Waals surface area contributed by atoms with Crippen molar-refractivity contribution in [1.82, 2.24) is 9.80 Å². The number of likely N-dealkylation sites (N-methyl/N-ethyl adjacent to an activating group) is 1. The van der Waals surface area contributed by atoms with Crippen molar-refractivity contribution >= 4 is 17.5 Å². The van der Waals surface area contributed by atoms with E-state index in [1.807, 2.05) is 24.3 Å². The molecule has 1 saturated heterocycles. The van der Waals surface area contributed by atoms with Gasteiger partial charge in [0.2, 0.25) is 0 Å². The Morgan fingerprint density at radius 2 is 1.78 bits per heavy atom.